The number of ether oxygens (including phenoxy) is 1. The average Bonchev–Trinajstić information content (AvgIpc) is 2.40. The van der Waals surface area contributed by atoms with Crippen LogP contribution >= 0.6 is 0 Å². The normalized spacial score (nSPS) is 10.1. The Morgan fingerprint density at radius 2 is 1.56 bits per heavy atom. The standard InChI is InChI=1S/C14H15BO3/c16-15(17)13-8-6-12(7-9-13)10-11-18-14-4-2-1-3-5-14/h1-9,16-17H,10-11H2. The van der Waals surface area contributed by atoms with Crippen molar-refractivity contribution >= 4 is 12.6 Å². The lowest BCUT2D eigenvalue weighted by molar-refractivity contribution is 0.322. The highest BCUT2D eigenvalue weighted by Crippen LogP contribution is 2.09. The molecule has 0 fully saturated rings. The quantitative estimate of drug-likeness (QED) is 0.768. The number of hydrogen-bond donors (Lipinski definition) is 2. The maximum absolute atomic E-state index is 8.97. The Labute approximate surface area is 107 Å². The van der Waals surface area contributed by atoms with Gasteiger partial charge in [-0.05, 0) is 23.2 Å². The first-order valence-corrected chi connectivity index (χ1v) is 5.88. The molecule has 18 heavy (non-hydrogen) atoms. The van der Waals surface area contributed by atoms with Crippen LogP contribution in [0.25, 0.3) is 0 Å². The van der Waals surface area contributed by atoms with E-state index >= 15 is 0 Å². The molecule has 0 spiro atoms. The third kappa shape index (κ3) is 3.62. The van der Waals surface area contributed by atoms with Crippen molar-refractivity contribution in [3.05, 3.63) is 60.2 Å². The zero-order valence-corrected chi connectivity index (χ0v) is 9.99. The maximum atomic E-state index is 8.97. The van der Waals surface area contributed by atoms with Gasteiger partial charge in [0.15, 0.2) is 0 Å². The van der Waals surface area contributed by atoms with Gasteiger partial charge in [-0.2, -0.15) is 0 Å². The number of benzene rings is 2. The Bertz CT molecular complexity index is 468. The van der Waals surface area contributed by atoms with E-state index in [1.54, 1.807) is 12.1 Å². The number of hydrogen-bond acceptors (Lipinski definition) is 3. The molecule has 0 aliphatic rings. The van der Waals surface area contributed by atoms with Crippen molar-refractivity contribution in [1.82, 2.24) is 0 Å². The second-order valence-corrected chi connectivity index (χ2v) is 4.03. The molecule has 2 rings (SSSR count). The molecule has 3 nitrogen and oxygen atoms in total. The summed E-state index contributed by atoms with van der Waals surface area (Å²) in [5.41, 5.74) is 1.61. The molecular formula is C14H15BO3. The summed E-state index contributed by atoms with van der Waals surface area (Å²) in [6, 6.07) is 16.8. The molecule has 0 radical (unpaired) electrons. The molecule has 2 aromatic carbocycles. The number of rotatable bonds is 5. The molecule has 0 saturated carbocycles. The Hall–Kier alpha value is -1.78. The highest BCUT2D eigenvalue weighted by atomic mass is 16.5. The highest BCUT2D eigenvalue weighted by molar-refractivity contribution is 6.58. The maximum Gasteiger partial charge on any atom is 0.488 e. The van der Waals surface area contributed by atoms with Crippen molar-refractivity contribution in [2.45, 2.75) is 6.42 Å². The lowest BCUT2D eigenvalue weighted by atomic mass is 9.80. The first-order valence-electron chi connectivity index (χ1n) is 5.88. The van der Waals surface area contributed by atoms with Crippen LogP contribution in [0.1, 0.15) is 5.56 Å². The molecule has 0 amide bonds. The predicted octanol–water partition coefficient (Wildman–Crippen LogP) is 0.988. The first kappa shape index (κ1) is 12.7. The summed E-state index contributed by atoms with van der Waals surface area (Å²) >= 11 is 0. The van der Waals surface area contributed by atoms with Gasteiger partial charge >= 0.3 is 7.12 Å². The van der Waals surface area contributed by atoms with Gasteiger partial charge in [0.25, 0.3) is 0 Å². The van der Waals surface area contributed by atoms with Crippen molar-refractivity contribution in [1.29, 1.82) is 0 Å². The van der Waals surface area contributed by atoms with Gasteiger partial charge in [-0.25, -0.2) is 0 Å². The first-order chi connectivity index (χ1) is 8.75. The smallest absolute Gasteiger partial charge is 0.488 e. The summed E-state index contributed by atoms with van der Waals surface area (Å²) in [5.74, 6) is 0.861. The minimum absolute atomic E-state index is 0.503. The third-order valence-corrected chi connectivity index (χ3v) is 2.68. The van der Waals surface area contributed by atoms with Gasteiger partial charge in [0.1, 0.15) is 5.75 Å². The molecule has 4 heteroatoms. The van der Waals surface area contributed by atoms with E-state index in [1.807, 2.05) is 42.5 Å². The largest absolute Gasteiger partial charge is 0.493 e. The molecule has 0 bridgehead atoms. The van der Waals surface area contributed by atoms with Gasteiger partial charge < -0.3 is 14.8 Å². The summed E-state index contributed by atoms with van der Waals surface area (Å²) in [5, 5.41) is 17.9. The number of para-hydroxylation sites is 1. The summed E-state index contributed by atoms with van der Waals surface area (Å²) in [4.78, 5) is 0. The van der Waals surface area contributed by atoms with Crippen LogP contribution in [0.5, 0.6) is 5.75 Å². The van der Waals surface area contributed by atoms with Crippen LogP contribution in [-0.4, -0.2) is 23.8 Å². The van der Waals surface area contributed by atoms with Gasteiger partial charge in [0.05, 0.1) is 6.61 Å². The molecule has 2 aromatic rings. The summed E-state index contributed by atoms with van der Waals surface area (Å²) < 4.78 is 5.59. The molecule has 92 valence electrons. The lowest BCUT2D eigenvalue weighted by Gasteiger charge is -2.06. The fraction of sp³-hybridized carbons (Fsp3) is 0.143. The van der Waals surface area contributed by atoms with E-state index in [2.05, 4.69) is 0 Å². The minimum atomic E-state index is -1.40. The van der Waals surface area contributed by atoms with E-state index in [-0.39, 0.29) is 0 Å². The van der Waals surface area contributed by atoms with Crippen molar-refractivity contribution < 1.29 is 14.8 Å². The minimum Gasteiger partial charge on any atom is -0.493 e. The SMILES string of the molecule is OB(O)c1ccc(CCOc2ccccc2)cc1. The molecular weight excluding hydrogens is 227 g/mol. The predicted molar refractivity (Wildman–Crippen MR) is 71.9 cm³/mol. The van der Waals surface area contributed by atoms with Crippen LogP contribution in [0, 0.1) is 0 Å². The zero-order valence-electron chi connectivity index (χ0n) is 9.99. The Morgan fingerprint density at radius 1 is 0.889 bits per heavy atom. The van der Waals surface area contributed by atoms with Crippen molar-refractivity contribution in [3.63, 3.8) is 0 Å². The van der Waals surface area contributed by atoms with E-state index in [0.717, 1.165) is 17.7 Å². The van der Waals surface area contributed by atoms with Gasteiger partial charge in [-0.15, -0.1) is 0 Å². The van der Waals surface area contributed by atoms with Crippen LogP contribution < -0.4 is 10.2 Å². The topological polar surface area (TPSA) is 49.7 Å². The fourth-order valence-electron chi connectivity index (χ4n) is 1.66. The molecule has 0 atom stereocenters. The van der Waals surface area contributed by atoms with Crippen LogP contribution in [0.3, 0.4) is 0 Å². The average molecular weight is 242 g/mol. The van der Waals surface area contributed by atoms with Gasteiger partial charge in [0.2, 0.25) is 0 Å². The van der Waals surface area contributed by atoms with E-state index in [0.29, 0.717) is 12.1 Å². The monoisotopic (exact) mass is 242 g/mol. The lowest BCUT2D eigenvalue weighted by Crippen LogP contribution is -2.29. The third-order valence-electron chi connectivity index (χ3n) is 2.68. The van der Waals surface area contributed by atoms with Crippen LogP contribution in [-0.2, 0) is 6.42 Å². The Kier molecular flexibility index (Phi) is 4.39. The van der Waals surface area contributed by atoms with Gasteiger partial charge in [0, 0.05) is 6.42 Å². The van der Waals surface area contributed by atoms with E-state index in [1.165, 1.54) is 0 Å². The van der Waals surface area contributed by atoms with E-state index < -0.39 is 7.12 Å². The zero-order chi connectivity index (χ0) is 12.8. The van der Waals surface area contributed by atoms with E-state index in [4.69, 9.17) is 14.8 Å². The Morgan fingerprint density at radius 3 is 2.17 bits per heavy atom. The van der Waals surface area contributed by atoms with Crippen molar-refractivity contribution in [3.8, 4) is 5.75 Å². The molecule has 0 aliphatic heterocycles. The molecule has 0 aromatic heterocycles. The van der Waals surface area contributed by atoms with Crippen molar-refractivity contribution in [2.75, 3.05) is 6.61 Å². The van der Waals surface area contributed by atoms with Gasteiger partial charge in [-0.1, -0.05) is 42.5 Å². The van der Waals surface area contributed by atoms with Crippen LogP contribution in [0.2, 0.25) is 0 Å². The second kappa shape index (κ2) is 6.24. The summed E-state index contributed by atoms with van der Waals surface area (Å²) in [6.07, 6.45) is 0.788. The van der Waals surface area contributed by atoms with Crippen LogP contribution in [0.15, 0.2) is 54.6 Å². The summed E-state index contributed by atoms with van der Waals surface area (Å²) in [6.45, 7) is 0.602. The molecule has 0 saturated heterocycles. The second-order valence-electron chi connectivity index (χ2n) is 4.03. The highest BCUT2D eigenvalue weighted by Gasteiger charge is 2.09. The fourth-order valence-corrected chi connectivity index (χ4v) is 1.66. The molecule has 0 unspecified atom stereocenters. The van der Waals surface area contributed by atoms with Crippen molar-refractivity contribution in [2.24, 2.45) is 0 Å². The molecule has 0 aliphatic carbocycles. The molecule has 0 heterocycles. The molecule has 2 N–H and O–H groups in total. The summed E-state index contributed by atoms with van der Waals surface area (Å²) in [7, 11) is -1.40. The van der Waals surface area contributed by atoms with E-state index in [9.17, 15) is 0 Å². The Balaban J connectivity index is 1.83. The van der Waals surface area contributed by atoms with Crippen LogP contribution in [0.4, 0.5) is 0 Å². The van der Waals surface area contributed by atoms with Gasteiger partial charge in [-0.3, -0.25) is 0 Å².